The third-order valence-corrected chi connectivity index (χ3v) is 3.38. The van der Waals surface area contributed by atoms with Gasteiger partial charge in [0.05, 0.1) is 29.2 Å². The van der Waals surface area contributed by atoms with Crippen molar-refractivity contribution in [1.82, 2.24) is 9.55 Å². The highest BCUT2D eigenvalue weighted by Crippen LogP contribution is 2.24. The van der Waals surface area contributed by atoms with E-state index in [2.05, 4.69) is 4.98 Å². The van der Waals surface area contributed by atoms with Crippen LogP contribution in [0.5, 0.6) is 0 Å². The van der Waals surface area contributed by atoms with Crippen molar-refractivity contribution in [2.45, 2.75) is 19.4 Å². The number of nitrogens with zero attached hydrogens (tertiary/aromatic N) is 2. The van der Waals surface area contributed by atoms with Crippen LogP contribution in [0.25, 0.3) is 11.0 Å². The number of imidazole rings is 1. The van der Waals surface area contributed by atoms with Gasteiger partial charge in [0.2, 0.25) is 0 Å². The standard InChI is InChI=1S/C15H14N2O3/c1-10(8-11-4-3-7-20-11)17-9-16-13-6-2-5-12(14(13)17)15(18)19/h2-7,9-10H,8H2,1H3,(H,18,19). The van der Waals surface area contributed by atoms with Gasteiger partial charge in [-0.3, -0.25) is 0 Å². The summed E-state index contributed by atoms with van der Waals surface area (Å²) in [6, 6.07) is 8.94. The second-order valence-corrected chi connectivity index (χ2v) is 4.76. The van der Waals surface area contributed by atoms with Gasteiger partial charge in [-0.1, -0.05) is 6.07 Å². The normalized spacial score (nSPS) is 12.7. The lowest BCUT2D eigenvalue weighted by molar-refractivity contribution is 0.0698. The van der Waals surface area contributed by atoms with Crippen LogP contribution in [0, 0.1) is 0 Å². The fourth-order valence-electron chi connectivity index (χ4n) is 2.41. The van der Waals surface area contributed by atoms with Crippen LogP contribution in [0.15, 0.2) is 47.3 Å². The van der Waals surface area contributed by atoms with E-state index in [-0.39, 0.29) is 11.6 Å². The zero-order valence-corrected chi connectivity index (χ0v) is 11.0. The Hall–Kier alpha value is -2.56. The van der Waals surface area contributed by atoms with Crippen molar-refractivity contribution in [3.05, 3.63) is 54.2 Å². The molecule has 0 fully saturated rings. The molecule has 20 heavy (non-hydrogen) atoms. The SMILES string of the molecule is CC(Cc1ccco1)n1cnc2cccc(C(=O)O)c21. The Morgan fingerprint density at radius 2 is 2.25 bits per heavy atom. The van der Waals surface area contributed by atoms with Gasteiger partial charge < -0.3 is 14.1 Å². The number of furan rings is 1. The van der Waals surface area contributed by atoms with Gasteiger partial charge in [0.1, 0.15) is 5.76 Å². The van der Waals surface area contributed by atoms with Gasteiger partial charge in [-0.15, -0.1) is 0 Å². The molecule has 0 amide bonds. The molecule has 0 aliphatic carbocycles. The number of carboxylic acid groups (broad SMARTS) is 1. The van der Waals surface area contributed by atoms with Crippen LogP contribution in [0.4, 0.5) is 0 Å². The zero-order chi connectivity index (χ0) is 14.1. The summed E-state index contributed by atoms with van der Waals surface area (Å²) < 4.78 is 7.23. The summed E-state index contributed by atoms with van der Waals surface area (Å²) in [6.45, 7) is 2.02. The fourth-order valence-corrected chi connectivity index (χ4v) is 2.41. The molecular formula is C15H14N2O3. The Labute approximate surface area is 115 Å². The number of benzene rings is 1. The van der Waals surface area contributed by atoms with E-state index >= 15 is 0 Å². The Morgan fingerprint density at radius 3 is 2.95 bits per heavy atom. The molecule has 0 bridgehead atoms. The number of hydrogen-bond donors (Lipinski definition) is 1. The third kappa shape index (κ3) is 2.07. The first-order valence-electron chi connectivity index (χ1n) is 6.38. The minimum absolute atomic E-state index is 0.0617. The van der Waals surface area contributed by atoms with Crippen LogP contribution in [-0.2, 0) is 6.42 Å². The molecule has 0 saturated heterocycles. The molecule has 1 N–H and O–H groups in total. The summed E-state index contributed by atoms with van der Waals surface area (Å²) in [4.78, 5) is 15.6. The minimum Gasteiger partial charge on any atom is -0.478 e. The summed E-state index contributed by atoms with van der Waals surface area (Å²) in [7, 11) is 0. The average molecular weight is 270 g/mol. The number of rotatable bonds is 4. The minimum atomic E-state index is -0.942. The predicted octanol–water partition coefficient (Wildman–Crippen LogP) is 3.13. The van der Waals surface area contributed by atoms with Gasteiger partial charge in [-0.25, -0.2) is 9.78 Å². The molecule has 3 rings (SSSR count). The fraction of sp³-hybridized carbons (Fsp3) is 0.200. The molecule has 5 nitrogen and oxygen atoms in total. The Morgan fingerprint density at radius 1 is 1.40 bits per heavy atom. The Bertz CT molecular complexity index is 744. The molecule has 3 aromatic rings. The number of aromatic carboxylic acids is 1. The molecule has 2 heterocycles. The van der Waals surface area contributed by atoms with Gasteiger partial charge >= 0.3 is 5.97 Å². The van der Waals surface area contributed by atoms with Crippen molar-refractivity contribution in [2.75, 3.05) is 0 Å². The molecule has 1 atom stereocenters. The summed E-state index contributed by atoms with van der Waals surface area (Å²) in [5.74, 6) is -0.0743. The van der Waals surface area contributed by atoms with Crippen LogP contribution in [0.3, 0.4) is 0 Å². The van der Waals surface area contributed by atoms with Gasteiger partial charge in [0.15, 0.2) is 0 Å². The molecule has 1 unspecified atom stereocenters. The maximum atomic E-state index is 11.3. The van der Waals surface area contributed by atoms with E-state index < -0.39 is 5.97 Å². The maximum absolute atomic E-state index is 11.3. The monoisotopic (exact) mass is 270 g/mol. The second-order valence-electron chi connectivity index (χ2n) is 4.76. The average Bonchev–Trinajstić information content (AvgIpc) is 3.06. The van der Waals surface area contributed by atoms with Crippen molar-refractivity contribution in [3.8, 4) is 0 Å². The van der Waals surface area contributed by atoms with Gasteiger partial charge in [0, 0.05) is 12.5 Å². The zero-order valence-electron chi connectivity index (χ0n) is 11.0. The molecule has 0 spiro atoms. The highest BCUT2D eigenvalue weighted by Gasteiger charge is 2.17. The molecule has 0 saturated carbocycles. The van der Waals surface area contributed by atoms with E-state index in [1.807, 2.05) is 29.7 Å². The highest BCUT2D eigenvalue weighted by atomic mass is 16.4. The maximum Gasteiger partial charge on any atom is 0.337 e. The van der Waals surface area contributed by atoms with E-state index in [9.17, 15) is 9.90 Å². The smallest absolute Gasteiger partial charge is 0.337 e. The summed E-state index contributed by atoms with van der Waals surface area (Å²) in [5, 5.41) is 9.30. The Balaban J connectivity index is 2.05. The lowest BCUT2D eigenvalue weighted by Crippen LogP contribution is -2.09. The lowest BCUT2D eigenvalue weighted by atomic mass is 10.1. The molecular weight excluding hydrogens is 256 g/mol. The Kier molecular flexibility index (Phi) is 3.02. The van der Waals surface area contributed by atoms with Crippen LogP contribution < -0.4 is 0 Å². The van der Waals surface area contributed by atoms with Crippen molar-refractivity contribution in [3.63, 3.8) is 0 Å². The van der Waals surface area contributed by atoms with Crippen molar-refractivity contribution in [1.29, 1.82) is 0 Å². The first-order valence-corrected chi connectivity index (χ1v) is 6.38. The highest BCUT2D eigenvalue weighted by molar-refractivity contribution is 6.01. The van der Waals surface area contributed by atoms with Gasteiger partial charge in [-0.2, -0.15) is 0 Å². The molecule has 5 heteroatoms. The molecule has 2 aromatic heterocycles. The summed E-state index contributed by atoms with van der Waals surface area (Å²) in [6.07, 6.45) is 4.01. The van der Waals surface area contributed by atoms with Crippen molar-refractivity contribution >= 4 is 17.0 Å². The molecule has 0 aliphatic heterocycles. The van der Waals surface area contributed by atoms with E-state index in [0.29, 0.717) is 17.5 Å². The second kappa shape index (κ2) is 4.85. The molecule has 0 radical (unpaired) electrons. The van der Waals surface area contributed by atoms with Crippen LogP contribution in [0.2, 0.25) is 0 Å². The van der Waals surface area contributed by atoms with Crippen LogP contribution >= 0.6 is 0 Å². The molecule has 102 valence electrons. The van der Waals surface area contributed by atoms with E-state index in [0.717, 1.165) is 5.76 Å². The number of carboxylic acids is 1. The first kappa shape index (κ1) is 12.5. The number of para-hydroxylation sites is 1. The third-order valence-electron chi connectivity index (χ3n) is 3.38. The van der Waals surface area contributed by atoms with Crippen molar-refractivity contribution < 1.29 is 14.3 Å². The van der Waals surface area contributed by atoms with Crippen molar-refractivity contribution in [2.24, 2.45) is 0 Å². The largest absolute Gasteiger partial charge is 0.478 e. The summed E-state index contributed by atoms with van der Waals surface area (Å²) >= 11 is 0. The van der Waals surface area contributed by atoms with Gasteiger partial charge in [-0.05, 0) is 31.2 Å². The number of fused-ring (bicyclic) bond motifs is 1. The number of hydrogen-bond acceptors (Lipinski definition) is 3. The topological polar surface area (TPSA) is 68.3 Å². The van der Waals surface area contributed by atoms with Crippen LogP contribution in [-0.4, -0.2) is 20.6 Å². The van der Waals surface area contributed by atoms with E-state index in [1.54, 1.807) is 24.7 Å². The molecule has 0 aliphatic rings. The summed E-state index contributed by atoms with van der Waals surface area (Å²) in [5.41, 5.74) is 1.61. The number of carbonyl (C=O) groups is 1. The quantitative estimate of drug-likeness (QED) is 0.790. The number of aromatic nitrogens is 2. The lowest BCUT2D eigenvalue weighted by Gasteiger charge is -2.14. The van der Waals surface area contributed by atoms with E-state index in [4.69, 9.17) is 4.42 Å². The van der Waals surface area contributed by atoms with E-state index in [1.165, 1.54) is 0 Å². The predicted molar refractivity (Wildman–Crippen MR) is 73.8 cm³/mol. The van der Waals surface area contributed by atoms with Crippen LogP contribution in [0.1, 0.15) is 29.1 Å². The first-order chi connectivity index (χ1) is 9.66. The van der Waals surface area contributed by atoms with Gasteiger partial charge in [0.25, 0.3) is 0 Å². The molecule has 1 aromatic carbocycles.